The predicted molar refractivity (Wildman–Crippen MR) is 92.7 cm³/mol. The molecule has 6 nitrogen and oxygen atoms in total. The fourth-order valence-corrected chi connectivity index (χ4v) is 2.99. The number of halogens is 1. The van der Waals surface area contributed by atoms with Gasteiger partial charge in [-0.3, -0.25) is 9.59 Å². The summed E-state index contributed by atoms with van der Waals surface area (Å²) in [6, 6.07) is 6.98. The van der Waals surface area contributed by atoms with Crippen molar-refractivity contribution in [2.75, 3.05) is 25.5 Å². The molecule has 1 fully saturated rings. The van der Waals surface area contributed by atoms with Crippen LogP contribution < -0.4 is 10.6 Å². The van der Waals surface area contributed by atoms with Crippen molar-refractivity contribution >= 4 is 29.1 Å². The molecule has 2 rings (SSSR count). The minimum atomic E-state index is -0.760. The van der Waals surface area contributed by atoms with E-state index in [0.717, 1.165) is 0 Å². The quantitative estimate of drug-likeness (QED) is 0.798. The summed E-state index contributed by atoms with van der Waals surface area (Å²) in [5, 5.41) is 14.3. The smallest absolute Gasteiger partial charge is 0.313 e. The molecule has 1 saturated carbocycles. The molecule has 0 aromatic heterocycles. The largest absolute Gasteiger partial charge is 0.347 e. The molecular formula is C17H21ClN4O2. The van der Waals surface area contributed by atoms with Crippen molar-refractivity contribution < 1.29 is 9.59 Å². The summed E-state index contributed by atoms with van der Waals surface area (Å²) < 4.78 is 0. The van der Waals surface area contributed by atoms with Gasteiger partial charge in [0.2, 0.25) is 0 Å². The van der Waals surface area contributed by atoms with Crippen LogP contribution in [0.4, 0.5) is 5.69 Å². The number of nitrogens with one attached hydrogen (secondary N) is 2. The number of amides is 2. The number of hydrogen-bond acceptors (Lipinski definition) is 4. The number of nitriles is 1. The zero-order chi connectivity index (χ0) is 17.5. The maximum Gasteiger partial charge on any atom is 0.313 e. The molecule has 0 unspecified atom stereocenters. The molecule has 1 aliphatic carbocycles. The first-order valence-corrected chi connectivity index (χ1v) is 8.38. The number of benzene rings is 1. The summed E-state index contributed by atoms with van der Waals surface area (Å²) in [7, 11) is 2.04. The number of nitrogens with zero attached hydrogens (tertiary/aromatic N) is 2. The first-order chi connectivity index (χ1) is 11.5. The zero-order valence-electron chi connectivity index (χ0n) is 13.6. The minimum absolute atomic E-state index is 0.244. The Kier molecular flexibility index (Phi) is 6.59. The third-order valence-corrected chi connectivity index (χ3v) is 4.58. The Hall–Kier alpha value is -2.10. The highest BCUT2D eigenvalue weighted by Crippen LogP contribution is 2.22. The van der Waals surface area contributed by atoms with Gasteiger partial charge in [0.05, 0.1) is 10.6 Å². The highest BCUT2D eigenvalue weighted by atomic mass is 35.5. The van der Waals surface area contributed by atoms with Crippen molar-refractivity contribution in [2.45, 2.75) is 31.7 Å². The molecule has 0 heterocycles. The van der Waals surface area contributed by atoms with Gasteiger partial charge in [0.1, 0.15) is 6.07 Å². The number of likely N-dealkylation sites (N-methyl/N-ethyl adjacent to an activating group) is 1. The van der Waals surface area contributed by atoms with E-state index in [9.17, 15) is 9.59 Å². The lowest BCUT2D eigenvalue weighted by atomic mass is 10.2. The van der Waals surface area contributed by atoms with Gasteiger partial charge in [-0.2, -0.15) is 5.26 Å². The maximum absolute atomic E-state index is 11.9. The molecule has 128 valence electrons. The number of anilines is 1. The maximum atomic E-state index is 11.9. The Morgan fingerprint density at radius 3 is 2.71 bits per heavy atom. The van der Waals surface area contributed by atoms with Crippen molar-refractivity contribution in [2.24, 2.45) is 0 Å². The molecule has 0 saturated heterocycles. The SMILES string of the molecule is CN(CCNC(=O)C(=O)Nc1ccc(Cl)c(C#N)c1)C1CCCC1. The molecule has 0 bridgehead atoms. The van der Waals surface area contributed by atoms with E-state index in [4.69, 9.17) is 16.9 Å². The molecule has 24 heavy (non-hydrogen) atoms. The topological polar surface area (TPSA) is 85.2 Å². The van der Waals surface area contributed by atoms with Crippen LogP contribution in [-0.2, 0) is 9.59 Å². The molecule has 0 radical (unpaired) electrons. The average Bonchev–Trinajstić information content (AvgIpc) is 3.10. The van der Waals surface area contributed by atoms with Gasteiger partial charge in [0.25, 0.3) is 0 Å². The Bertz CT molecular complexity index is 650. The van der Waals surface area contributed by atoms with Gasteiger partial charge < -0.3 is 15.5 Å². The number of carbonyl (C=O) groups excluding carboxylic acids is 2. The fourth-order valence-electron chi connectivity index (χ4n) is 2.83. The molecule has 2 amide bonds. The normalized spacial score (nSPS) is 14.4. The van der Waals surface area contributed by atoms with Crippen LogP contribution in [0.2, 0.25) is 5.02 Å². The Morgan fingerprint density at radius 1 is 1.33 bits per heavy atom. The van der Waals surface area contributed by atoms with E-state index in [1.165, 1.54) is 37.8 Å². The molecule has 7 heteroatoms. The Morgan fingerprint density at radius 2 is 2.04 bits per heavy atom. The summed E-state index contributed by atoms with van der Waals surface area (Å²) in [4.78, 5) is 25.9. The number of rotatable bonds is 5. The van der Waals surface area contributed by atoms with E-state index in [1.54, 1.807) is 6.07 Å². The molecule has 0 spiro atoms. The minimum Gasteiger partial charge on any atom is -0.347 e. The summed E-state index contributed by atoms with van der Waals surface area (Å²) in [6.07, 6.45) is 4.91. The van der Waals surface area contributed by atoms with Gasteiger partial charge in [-0.15, -0.1) is 0 Å². The lowest BCUT2D eigenvalue weighted by Crippen LogP contribution is -2.41. The van der Waals surface area contributed by atoms with Gasteiger partial charge >= 0.3 is 11.8 Å². The van der Waals surface area contributed by atoms with Crippen LogP contribution in [0.1, 0.15) is 31.2 Å². The standard InChI is InChI=1S/C17H21ClN4O2/c1-22(14-4-2-3-5-14)9-8-20-16(23)17(24)21-13-6-7-15(18)12(10-13)11-19/h6-7,10,14H,2-5,8-9H2,1H3,(H,20,23)(H,21,24). The summed E-state index contributed by atoms with van der Waals surface area (Å²) in [5.41, 5.74) is 0.604. The molecule has 2 N–H and O–H groups in total. The predicted octanol–water partition coefficient (Wildman–Crippen LogP) is 2.14. The number of carbonyl (C=O) groups is 2. The second-order valence-electron chi connectivity index (χ2n) is 5.94. The Balaban J connectivity index is 1.78. The molecule has 0 aliphatic heterocycles. The van der Waals surface area contributed by atoms with Gasteiger partial charge in [0.15, 0.2) is 0 Å². The molecule has 0 atom stereocenters. The van der Waals surface area contributed by atoms with Crippen molar-refractivity contribution in [3.8, 4) is 6.07 Å². The average molecular weight is 349 g/mol. The summed E-state index contributed by atoms with van der Waals surface area (Å²) >= 11 is 5.83. The van der Waals surface area contributed by atoms with E-state index in [0.29, 0.717) is 29.8 Å². The van der Waals surface area contributed by atoms with E-state index in [1.807, 2.05) is 13.1 Å². The van der Waals surface area contributed by atoms with E-state index < -0.39 is 11.8 Å². The third kappa shape index (κ3) is 4.95. The van der Waals surface area contributed by atoms with Crippen LogP contribution in [0.15, 0.2) is 18.2 Å². The first-order valence-electron chi connectivity index (χ1n) is 8.00. The lowest BCUT2D eigenvalue weighted by molar-refractivity contribution is -0.136. The highest BCUT2D eigenvalue weighted by molar-refractivity contribution is 6.39. The molecule has 1 aromatic rings. The highest BCUT2D eigenvalue weighted by Gasteiger charge is 2.20. The van der Waals surface area contributed by atoms with Crippen LogP contribution in [0.25, 0.3) is 0 Å². The Labute approximate surface area is 146 Å². The van der Waals surface area contributed by atoms with Crippen molar-refractivity contribution in [1.29, 1.82) is 5.26 Å². The van der Waals surface area contributed by atoms with Gasteiger partial charge in [-0.05, 0) is 38.1 Å². The second kappa shape index (κ2) is 8.67. The first kappa shape index (κ1) is 18.2. The van der Waals surface area contributed by atoms with Gasteiger partial charge in [0, 0.05) is 24.8 Å². The molecular weight excluding hydrogens is 328 g/mol. The van der Waals surface area contributed by atoms with Crippen LogP contribution in [0.5, 0.6) is 0 Å². The van der Waals surface area contributed by atoms with Crippen molar-refractivity contribution in [3.05, 3.63) is 28.8 Å². The van der Waals surface area contributed by atoms with Crippen LogP contribution in [-0.4, -0.2) is 42.9 Å². The van der Waals surface area contributed by atoms with Crippen LogP contribution in [0.3, 0.4) is 0 Å². The van der Waals surface area contributed by atoms with Crippen LogP contribution in [0, 0.1) is 11.3 Å². The fraction of sp³-hybridized carbons (Fsp3) is 0.471. The second-order valence-corrected chi connectivity index (χ2v) is 6.34. The lowest BCUT2D eigenvalue weighted by Gasteiger charge is -2.23. The third-order valence-electron chi connectivity index (χ3n) is 4.25. The summed E-state index contributed by atoms with van der Waals surface area (Å²) in [6.45, 7) is 1.13. The zero-order valence-corrected chi connectivity index (χ0v) is 14.4. The van der Waals surface area contributed by atoms with Gasteiger partial charge in [-0.25, -0.2) is 0 Å². The van der Waals surface area contributed by atoms with Gasteiger partial charge in [-0.1, -0.05) is 24.4 Å². The number of hydrogen-bond donors (Lipinski definition) is 2. The van der Waals surface area contributed by atoms with Crippen LogP contribution >= 0.6 is 11.6 Å². The van der Waals surface area contributed by atoms with Crippen molar-refractivity contribution in [3.63, 3.8) is 0 Å². The van der Waals surface area contributed by atoms with E-state index >= 15 is 0 Å². The van der Waals surface area contributed by atoms with Crippen molar-refractivity contribution in [1.82, 2.24) is 10.2 Å². The van der Waals surface area contributed by atoms with E-state index in [-0.39, 0.29) is 5.56 Å². The molecule has 1 aromatic carbocycles. The van der Waals surface area contributed by atoms with E-state index in [2.05, 4.69) is 15.5 Å². The monoisotopic (exact) mass is 348 g/mol. The molecule has 1 aliphatic rings. The summed E-state index contributed by atoms with van der Waals surface area (Å²) in [5.74, 6) is -1.45.